The van der Waals surface area contributed by atoms with Gasteiger partial charge in [0.1, 0.15) is 11.4 Å². The Hall–Kier alpha value is -2.44. The maximum absolute atomic E-state index is 12.3. The number of amides is 1. The third kappa shape index (κ3) is 2.26. The first-order valence-corrected chi connectivity index (χ1v) is 8.13. The van der Waals surface area contributed by atoms with Crippen molar-refractivity contribution in [1.82, 2.24) is 19.9 Å². The van der Waals surface area contributed by atoms with Gasteiger partial charge in [-0.15, -0.1) is 0 Å². The van der Waals surface area contributed by atoms with Gasteiger partial charge >= 0.3 is 6.09 Å². The summed E-state index contributed by atoms with van der Waals surface area (Å²) in [5, 5.41) is 0.482. The Labute approximate surface area is 139 Å². The zero-order valence-corrected chi connectivity index (χ0v) is 14.0. The molecule has 2 aromatic heterocycles. The molecule has 2 aromatic rings. The molecular formula is C17H20N4O3. The van der Waals surface area contributed by atoms with E-state index in [0.29, 0.717) is 23.4 Å². The van der Waals surface area contributed by atoms with Crippen LogP contribution in [0.25, 0.3) is 11.0 Å². The summed E-state index contributed by atoms with van der Waals surface area (Å²) < 4.78 is 5.48. The average molecular weight is 328 g/mol. The highest BCUT2D eigenvalue weighted by Gasteiger charge is 2.59. The van der Waals surface area contributed by atoms with E-state index in [4.69, 9.17) is 4.74 Å². The molecule has 0 unspecified atom stereocenters. The number of aromatic nitrogens is 3. The van der Waals surface area contributed by atoms with Gasteiger partial charge in [-0.05, 0) is 45.7 Å². The third-order valence-corrected chi connectivity index (χ3v) is 4.78. The number of pyridine rings is 1. The Morgan fingerprint density at radius 3 is 2.88 bits per heavy atom. The van der Waals surface area contributed by atoms with Crippen LogP contribution < -0.4 is 5.56 Å². The number of carbonyl (C=O) groups excluding carboxylic acids is 1. The summed E-state index contributed by atoms with van der Waals surface area (Å²) in [4.78, 5) is 38.0. The molecule has 2 aliphatic heterocycles. The number of fused-ring (bicyclic) bond motifs is 2. The van der Waals surface area contributed by atoms with Gasteiger partial charge in [0.2, 0.25) is 0 Å². The van der Waals surface area contributed by atoms with Crippen LogP contribution in [0, 0.1) is 0 Å². The van der Waals surface area contributed by atoms with E-state index in [-0.39, 0.29) is 23.1 Å². The fourth-order valence-corrected chi connectivity index (χ4v) is 3.67. The first kappa shape index (κ1) is 15.1. The summed E-state index contributed by atoms with van der Waals surface area (Å²) in [6.07, 6.45) is 2.93. The van der Waals surface area contributed by atoms with Gasteiger partial charge in [-0.3, -0.25) is 4.79 Å². The third-order valence-electron chi connectivity index (χ3n) is 4.78. The lowest BCUT2D eigenvalue weighted by atomic mass is 9.69. The van der Waals surface area contributed by atoms with E-state index in [0.717, 1.165) is 12.8 Å². The highest BCUT2D eigenvalue weighted by molar-refractivity contribution is 5.73. The van der Waals surface area contributed by atoms with Gasteiger partial charge in [-0.25, -0.2) is 14.8 Å². The molecule has 2 bridgehead atoms. The van der Waals surface area contributed by atoms with E-state index in [1.807, 2.05) is 20.8 Å². The standard InChI is InChI=1S/C17H20N4O3/c1-16(2,3)24-15(23)21-9-17(7-10(21)8-17)14-19-12-11(13(22)20-14)5-4-6-18-12/h4-6,10H,7-9H2,1-3H3,(H,18,19,20,22). The largest absolute Gasteiger partial charge is 0.444 e. The second kappa shape index (κ2) is 4.78. The van der Waals surface area contributed by atoms with Crippen LogP contribution >= 0.6 is 0 Å². The summed E-state index contributed by atoms with van der Waals surface area (Å²) in [6.45, 7) is 6.09. The molecule has 0 aromatic carbocycles. The molecule has 7 nitrogen and oxygen atoms in total. The van der Waals surface area contributed by atoms with Crippen molar-refractivity contribution in [2.75, 3.05) is 6.54 Å². The molecule has 1 amide bonds. The number of rotatable bonds is 1. The first-order valence-electron chi connectivity index (χ1n) is 8.13. The van der Waals surface area contributed by atoms with Crippen LogP contribution in [0.2, 0.25) is 0 Å². The predicted molar refractivity (Wildman–Crippen MR) is 87.8 cm³/mol. The van der Waals surface area contributed by atoms with Gasteiger partial charge in [-0.2, -0.15) is 0 Å². The molecule has 5 rings (SSSR count). The summed E-state index contributed by atoms with van der Waals surface area (Å²) in [7, 11) is 0. The highest BCUT2D eigenvalue weighted by atomic mass is 16.6. The Morgan fingerprint density at radius 1 is 1.42 bits per heavy atom. The molecule has 3 aliphatic rings. The normalized spacial score (nSPS) is 25.6. The molecule has 0 atom stereocenters. The molecule has 1 saturated carbocycles. The van der Waals surface area contributed by atoms with E-state index >= 15 is 0 Å². The summed E-state index contributed by atoms with van der Waals surface area (Å²) in [5.41, 5.74) is -0.537. The number of hydrogen-bond donors (Lipinski definition) is 1. The average Bonchev–Trinajstić information content (AvgIpc) is 3.02. The Balaban J connectivity index is 1.63. The molecule has 1 aliphatic carbocycles. The van der Waals surface area contributed by atoms with E-state index in [1.54, 1.807) is 23.2 Å². The number of hydrogen-bond acceptors (Lipinski definition) is 5. The Morgan fingerprint density at radius 2 is 2.17 bits per heavy atom. The monoisotopic (exact) mass is 328 g/mol. The maximum atomic E-state index is 12.3. The number of ether oxygens (including phenoxy) is 1. The van der Waals surface area contributed by atoms with E-state index < -0.39 is 5.60 Å². The van der Waals surface area contributed by atoms with Crippen LogP contribution in [0.1, 0.15) is 39.4 Å². The van der Waals surface area contributed by atoms with Crippen molar-refractivity contribution < 1.29 is 9.53 Å². The second-order valence-electron chi connectivity index (χ2n) is 7.74. The van der Waals surface area contributed by atoms with Crippen LogP contribution in [-0.2, 0) is 10.2 Å². The van der Waals surface area contributed by atoms with E-state index in [2.05, 4.69) is 15.0 Å². The van der Waals surface area contributed by atoms with Gasteiger partial charge in [0.25, 0.3) is 5.56 Å². The van der Waals surface area contributed by atoms with E-state index in [9.17, 15) is 9.59 Å². The smallest absolute Gasteiger partial charge is 0.410 e. The van der Waals surface area contributed by atoms with Crippen molar-refractivity contribution in [2.24, 2.45) is 0 Å². The fraction of sp³-hybridized carbons (Fsp3) is 0.529. The minimum atomic E-state index is -0.517. The van der Waals surface area contributed by atoms with E-state index in [1.165, 1.54) is 0 Å². The highest BCUT2D eigenvalue weighted by Crippen LogP contribution is 2.52. The van der Waals surface area contributed by atoms with Crippen molar-refractivity contribution in [3.8, 4) is 0 Å². The number of carbonyl (C=O) groups is 1. The lowest BCUT2D eigenvalue weighted by Gasteiger charge is -2.35. The minimum Gasteiger partial charge on any atom is -0.444 e. The van der Waals surface area contributed by atoms with Crippen molar-refractivity contribution in [3.63, 3.8) is 0 Å². The molecule has 3 fully saturated rings. The van der Waals surface area contributed by atoms with Crippen LogP contribution in [-0.4, -0.2) is 44.1 Å². The summed E-state index contributed by atoms with van der Waals surface area (Å²) in [6, 6.07) is 3.58. The maximum Gasteiger partial charge on any atom is 0.410 e. The predicted octanol–water partition coefficient (Wildman–Crippen LogP) is 1.97. The van der Waals surface area contributed by atoms with Crippen LogP contribution in [0.4, 0.5) is 4.79 Å². The number of nitrogens with zero attached hydrogens (tertiary/aromatic N) is 3. The molecule has 0 spiro atoms. The van der Waals surface area contributed by atoms with Gasteiger partial charge in [0.05, 0.1) is 10.8 Å². The Kier molecular flexibility index (Phi) is 3.01. The molecular weight excluding hydrogens is 308 g/mol. The van der Waals surface area contributed by atoms with Crippen molar-refractivity contribution in [1.29, 1.82) is 0 Å². The molecule has 7 heteroatoms. The molecule has 2 saturated heterocycles. The molecule has 1 N–H and O–H groups in total. The lowest BCUT2D eigenvalue weighted by Crippen LogP contribution is -2.41. The molecule has 0 radical (unpaired) electrons. The Bertz CT molecular complexity index is 877. The van der Waals surface area contributed by atoms with Crippen molar-refractivity contribution in [2.45, 2.75) is 50.7 Å². The second-order valence-corrected chi connectivity index (χ2v) is 7.74. The topological polar surface area (TPSA) is 88.2 Å². The molecule has 24 heavy (non-hydrogen) atoms. The van der Waals surface area contributed by atoms with Gasteiger partial charge in [0, 0.05) is 18.8 Å². The number of aromatic amines is 1. The number of nitrogens with one attached hydrogen (secondary N) is 1. The minimum absolute atomic E-state index is 0.157. The first-order chi connectivity index (χ1) is 11.3. The van der Waals surface area contributed by atoms with Gasteiger partial charge in [-0.1, -0.05) is 0 Å². The van der Waals surface area contributed by atoms with Crippen LogP contribution in [0.15, 0.2) is 23.1 Å². The van der Waals surface area contributed by atoms with Gasteiger partial charge in [0.15, 0.2) is 5.65 Å². The molecule has 126 valence electrons. The summed E-state index contributed by atoms with van der Waals surface area (Å²) >= 11 is 0. The SMILES string of the molecule is CC(C)(C)OC(=O)N1CC2(c3nc4ncccc4c(=O)[nH]3)CC1C2. The summed E-state index contributed by atoms with van der Waals surface area (Å²) in [5.74, 6) is 0.626. The van der Waals surface area contributed by atoms with Crippen molar-refractivity contribution in [3.05, 3.63) is 34.5 Å². The number of H-pyrrole nitrogens is 1. The molecule has 4 heterocycles. The quantitative estimate of drug-likeness (QED) is 0.864. The lowest BCUT2D eigenvalue weighted by molar-refractivity contribution is 0.0246. The van der Waals surface area contributed by atoms with Gasteiger partial charge < -0.3 is 14.6 Å². The fourth-order valence-electron chi connectivity index (χ4n) is 3.67. The van der Waals surface area contributed by atoms with Crippen LogP contribution in [0.5, 0.6) is 0 Å². The van der Waals surface area contributed by atoms with Crippen molar-refractivity contribution >= 4 is 17.1 Å². The zero-order chi connectivity index (χ0) is 17.1. The van der Waals surface area contributed by atoms with Crippen LogP contribution in [0.3, 0.4) is 0 Å². The zero-order valence-electron chi connectivity index (χ0n) is 14.0.